The smallest absolute Gasteiger partial charge is 0.323 e. The summed E-state index contributed by atoms with van der Waals surface area (Å²) in [5, 5.41) is 8.88. The number of halogens is 1. The maximum absolute atomic E-state index is 12.0. The van der Waals surface area contributed by atoms with Crippen LogP contribution < -0.4 is 0 Å². The predicted octanol–water partition coefficient (Wildman–Crippen LogP) is 2.62. The molecule has 0 aliphatic carbocycles. The molecule has 0 heterocycles. The molecule has 0 aromatic heterocycles. The van der Waals surface area contributed by atoms with Gasteiger partial charge in [-0.25, -0.2) is 0 Å². The number of carboxylic acids is 1. The Labute approximate surface area is 125 Å². The Balaban J connectivity index is 2.73. The molecular formula is C13H16BrNO3S. The van der Waals surface area contributed by atoms with E-state index in [1.54, 1.807) is 11.8 Å². The second-order valence-electron chi connectivity index (χ2n) is 4.02. The van der Waals surface area contributed by atoms with Crippen LogP contribution in [0.4, 0.5) is 0 Å². The summed E-state index contributed by atoms with van der Waals surface area (Å²) in [6.07, 6.45) is 2.28. The van der Waals surface area contributed by atoms with E-state index in [9.17, 15) is 9.59 Å². The first-order chi connectivity index (χ1) is 9.02. The summed E-state index contributed by atoms with van der Waals surface area (Å²) in [6, 6.07) is 7.52. The molecule has 104 valence electrons. The van der Waals surface area contributed by atoms with Crippen LogP contribution in [0.25, 0.3) is 0 Å². The Morgan fingerprint density at radius 3 is 2.74 bits per heavy atom. The van der Waals surface area contributed by atoms with E-state index in [1.807, 2.05) is 30.5 Å². The van der Waals surface area contributed by atoms with Crippen LogP contribution in [0.5, 0.6) is 0 Å². The van der Waals surface area contributed by atoms with Gasteiger partial charge in [0.1, 0.15) is 6.54 Å². The van der Waals surface area contributed by atoms with Gasteiger partial charge in [-0.1, -0.05) is 28.1 Å². The summed E-state index contributed by atoms with van der Waals surface area (Å²) in [5.41, 5.74) is 0.910. The first kappa shape index (κ1) is 16.0. The van der Waals surface area contributed by atoms with Crippen molar-refractivity contribution in [2.75, 3.05) is 18.6 Å². The van der Waals surface area contributed by atoms with E-state index in [0.29, 0.717) is 18.7 Å². The fourth-order valence-corrected chi connectivity index (χ4v) is 2.42. The lowest BCUT2D eigenvalue weighted by Gasteiger charge is -2.20. The number of amides is 1. The molecule has 0 aliphatic heterocycles. The first-order valence-electron chi connectivity index (χ1n) is 5.76. The van der Waals surface area contributed by atoms with Gasteiger partial charge in [-0.05, 0) is 24.0 Å². The molecule has 0 saturated heterocycles. The SMILES string of the molecule is CSCCC(=O)N(CC(=O)O)Cc1cccc(Br)c1. The number of thioether (sulfide) groups is 1. The fourth-order valence-electron chi connectivity index (χ4n) is 1.60. The van der Waals surface area contributed by atoms with Gasteiger partial charge in [-0.2, -0.15) is 11.8 Å². The van der Waals surface area contributed by atoms with Crippen LogP contribution in [0.3, 0.4) is 0 Å². The minimum atomic E-state index is -0.993. The highest BCUT2D eigenvalue weighted by Crippen LogP contribution is 2.14. The maximum atomic E-state index is 12.0. The van der Waals surface area contributed by atoms with Gasteiger partial charge in [-0.15, -0.1) is 0 Å². The van der Waals surface area contributed by atoms with Gasteiger partial charge in [0.15, 0.2) is 0 Å². The molecule has 6 heteroatoms. The summed E-state index contributed by atoms with van der Waals surface area (Å²) in [6.45, 7) is 0.0542. The average molecular weight is 346 g/mol. The Bertz CT molecular complexity index is 453. The van der Waals surface area contributed by atoms with E-state index in [-0.39, 0.29) is 12.5 Å². The third-order valence-electron chi connectivity index (χ3n) is 2.46. The predicted molar refractivity (Wildman–Crippen MR) is 80.2 cm³/mol. The highest BCUT2D eigenvalue weighted by atomic mass is 79.9. The van der Waals surface area contributed by atoms with Crippen LogP contribution in [0.15, 0.2) is 28.7 Å². The van der Waals surface area contributed by atoms with Crippen molar-refractivity contribution < 1.29 is 14.7 Å². The molecule has 0 atom stereocenters. The zero-order chi connectivity index (χ0) is 14.3. The van der Waals surface area contributed by atoms with E-state index in [2.05, 4.69) is 15.9 Å². The van der Waals surface area contributed by atoms with E-state index in [4.69, 9.17) is 5.11 Å². The molecule has 0 unspecified atom stereocenters. The number of benzene rings is 1. The van der Waals surface area contributed by atoms with E-state index < -0.39 is 5.97 Å². The Kier molecular flexibility index (Phi) is 6.94. The number of hydrogen-bond acceptors (Lipinski definition) is 3. The average Bonchev–Trinajstić information content (AvgIpc) is 2.34. The molecule has 0 aliphatic rings. The molecule has 1 amide bonds. The topological polar surface area (TPSA) is 57.6 Å². The van der Waals surface area contributed by atoms with Crippen molar-refractivity contribution in [2.24, 2.45) is 0 Å². The summed E-state index contributed by atoms with van der Waals surface area (Å²) < 4.78 is 0.914. The van der Waals surface area contributed by atoms with Crippen molar-refractivity contribution >= 4 is 39.6 Å². The number of aliphatic carboxylic acids is 1. The highest BCUT2D eigenvalue weighted by Gasteiger charge is 2.16. The van der Waals surface area contributed by atoms with Crippen LogP contribution in [0.2, 0.25) is 0 Å². The molecule has 1 aromatic carbocycles. The first-order valence-corrected chi connectivity index (χ1v) is 7.94. The van der Waals surface area contributed by atoms with Crippen molar-refractivity contribution in [2.45, 2.75) is 13.0 Å². The Morgan fingerprint density at radius 2 is 2.16 bits per heavy atom. The number of nitrogens with zero attached hydrogens (tertiary/aromatic N) is 1. The normalized spacial score (nSPS) is 10.2. The van der Waals surface area contributed by atoms with Crippen molar-refractivity contribution in [1.82, 2.24) is 4.90 Å². The zero-order valence-corrected chi connectivity index (χ0v) is 13.0. The molecule has 19 heavy (non-hydrogen) atoms. The summed E-state index contributed by atoms with van der Waals surface area (Å²) >= 11 is 4.93. The van der Waals surface area contributed by atoms with Crippen molar-refractivity contribution in [3.63, 3.8) is 0 Å². The van der Waals surface area contributed by atoms with Gasteiger partial charge < -0.3 is 10.0 Å². The van der Waals surface area contributed by atoms with Crippen molar-refractivity contribution in [3.05, 3.63) is 34.3 Å². The standard InChI is InChI=1S/C13H16BrNO3S/c1-19-6-5-12(16)15(9-13(17)18)8-10-3-2-4-11(14)7-10/h2-4,7H,5-6,8-9H2,1H3,(H,17,18). The number of carbonyl (C=O) groups excluding carboxylic acids is 1. The van der Waals surface area contributed by atoms with Crippen molar-refractivity contribution in [3.8, 4) is 0 Å². The summed E-state index contributed by atoms with van der Waals surface area (Å²) in [7, 11) is 0. The van der Waals surface area contributed by atoms with Gasteiger partial charge in [-0.3, -0.25) is 9.59 Å². The molecule has 0 spiro atoms. The Morgan fingerprint density at radius 1 is 1.42 bits per heavy atom. The van der Waals surface area contributed by atoms with Crippen LogP contribution in [-0.2, 0) is 16.1 Å². The maximum Gasteiger partial charge on any atom is 0.323 e. The summed E-state index contributed by atoms with van der Waals surface area (Å²) in [4.78, 5) is 24.2. The molecular weight excluding hydrogens is 330 g/mol. The van der Waals surface area contributed by atoms with Gasteiger partial charge >= 0.3 is 5.97 Å². The van der Waals surface area contributed by atoms with E-state index >= 15 is 0 Å². The van der Waals surface area contributed by atoms with Crippen LogP contribution in [0.1, 0.15) is 12.0 Å². The molecule has 1 N–H and O–H groups in total. The third-order valence-corrected chi connectivity index (χ3v) is 3.57. The lowest BCUT2D eigenvalue weighted by molar-refractivity contribution is -0.144. The lowest BCUT2D eigenvalue weighted by Crippen LogP contribution is -2.35. The fraction of sp³-hybridized carbons (Fsp3) is 0.385. The highest BCUT2D eigenvalue weighted by molar-refractivity contribution is 9.10. The Hall–Kier alpha value is -1.01. The quantitative estimate of drug-likeness (QED) is 0.825. The van der Waals surface area contributed by atoms with Crippen LogP contribution in [-0.4, -0.2) is 40.4 Å². The second kappa shape index (κ2) is 8.22. The molecule has 1 aromatic rings. The molecule has 1 rings (SSSR count). The lowest BCUT2D eigenvalue weighted by atomic mass is 10.2. The van der Waals surface area contributed by atoms with Gasteiger partial charge in [0, 0.05) is 23.2 Å². The largest absolute Gasteiger partial charge is 0.480 e. The molecule has 0 saturated carbocycles. The minimum Gasteiger partial charge on any atom is -0.480 e. The molecule has 4 nitrogen and oxygen atoms in total. The van der Waals surface area contributed by atoms with Crippen LogP contribution >= 0.6 is 27.7 Å². The van der Waals surface area contributed by atoms with Gasteiger partial charge in [0.2, 0.25) is 5.91 Å². The zero-order valence-electron chi connectivity index (χ0n) is 10.6. The third kappa shape index (κ3) is 6.11. The van der Waals surface area contributed by atoms with E-state index in [1.165, 1.54) is 4.90 Å². The number of carbonyl (C=O) groups is 2. The molecule has 0 bridgehead atoms. The molecule has 0 radical (unpaired) electrons. The van der Waals surface area contributed by atoms with Crippen LogP contribution in [0, 0.1) is 0 Å². The monoisotopic (exact) mass is 345 g/mol. The van der Waals surface area contributed by atoms with E-state index in [0.717, 1.165) is 10.0 Å². The van der Waals surface area contributed by atoms with Crippen molar-refractivity contribution in [1.29, 1.82) is 0 Å². The minimum absolute atomic E-state index is 0.128. The molecule has 0 fully saturated rings. The summed E-state index contributed by atoms with van der Waals surface area (Å²) in [5.74, 6) is -0.419. The second-order valence-corrected chi connectivity index (χ2v) is 5.92. The van der Waals surface area contributed by atoms with Gasteiger partial charge in [0.25, 0.3) is 0 Å². The van der Waals surface area contributed by atoms with Gasteiger partial charge in [0.05, 0.1) is 0 Å². The number of hydrogen-bond donors (Lipinski definition) is 1. The number of carboxylic acid groups (broad SMARTS) is 1. The number of rotatable bonds is 7.